The summed E-state index contributed by atoms with van der Waals surface area (Å²) >= 11 is 3.62. The van der Waals surface area contributed by atoms with Crippen molar-refractivity contribution in [3.8, 4) is 11.5 Å². The third-order valence-electron chi connectivity index (χ3n) is 6.81. The lowest BCUT2D eigenvalue weighted by molar-refractivity contribution is -0.142. The standard InChI is InChI=1S/C29H33BrN2O4/c1-20(29(34)31-23-9-4-3-5-10-23)32(18-21-12-15-24(35-2)16-13-21)27(33)19-36-26-17-14-22-8-6-7-11-25(22)28(26)30/h6-8,11-17,20,23H,3-5,9-10,18-19H2,1-2H3,(H,31,34). The fourth-order valence-electron chi connectivity index (χ4n) is 4.63. The van der Waals surface area contributed by atoms with Gasteiger partial charge < -0.3 is 19.7 Å². The molecule has 1 aliphatic carbocycles. The Morgan fingerprint density at radius 2 is 1.75 bits per heavy atom. The number of ether oxygens (including phenoxy) is 2. The summed E-state index contributed by atoms with van der Waals surface area (Å²) in [5.74, 6) is 0.947. The zero-order valence-electron chi connectivity index (χ0n) is 20.8. The Morgan fingerprint density at radius 3 is 2.47 bits per heavy atom. The molecule has 0 aliphatic heterocycles. The zero-order chi connectivity index (χ0) is 25.5. The number of hydrogen-bond acceptors (Lipinski definition) is 4. The normalized spacial score (nSPS) is 14.8. The lowest BCUT2D eigenvalue weighted by atomic mass is 9.95. The Labute approximate surface area is 221 Å². The van der Waals surface area contributed by atoms with E-state index >= 15 is 0 Å². The summed E-state index contributed by atoms with van der Waals surface area (Å²) in [5, 5.41) is 5.25. The van der Waals surface area contributed by atoms with E-state index in [1.54, 1.807) is 18.9 Å². The van der Waals surface area contributed by atoms with Gasteiger partial charge in [-0.1, -0.05) is 61.7 Å². The van der Waals surface area contributed by atoms with Crippen molar-refractivity contribution in [1.82, 2.24) is 10.2 Å². The second-order valence-corrected chi connectivity index (χ2v) is 10.1. The van der Waals surface area contributed by atoms with E-state index in [-0.39, 0.29) is 24.5 Å². The predicted octanol–water partition coefficient (Wildman–Crippen LogP) is 5.86. The maximum absolute atomic E-state index is 13.4. The van der Waals surface area contributed by atoms with Gasteiger partial charge in [0, 0.05) is 12.6 Å². The first-order valence-electron chi connectivity index (χ1n) is 12.5. The van der Waals surface area contributed by atoms with Gasteiger partial charge in [0.1, 0.15) is 17.5 Å². The van der Waals surface area contributed by atoms with Crippen LogP contribution < -0.4 is 14.8 Å². The minimum Gasteiger partial charge on any atom is -0.497 e. The van der Waals surface area contributed by atoms with E-state index in [1.165, 1.54) is 6.42 Å². The first-order valence-corrected chi connectivity index (χ1v) is 13.3. The van der Waals surface area contributed by atoms with Crippen molar-refractivity contribution in [3.63, 3.8) is 0 Å². The summed E-state index contributed by atoms with van der Waals surface area (Å²) in [5.41, 5.74) is 0.911. The molecule has 36 heavy (non-hydrogen) atoms. The van der Waals surface area contributed by atoms with Crippen LogP contribution in [0.1, 0.15) is 44.6 Å². The highest BCUT2D eigenvalue weighted by Gasteiger charge is 2.28. The van der Waals surface area contributed by atoms with Crippen molar-refractivity contribution < 1.29 is 19.1 Å². The number of benzene rings is 3. The molecule has 0 radical (unpaired) electrons. The van der Waals surface area contributed by atoms with Gasteiger partial charge in [0.25, 0.3) is 5.91 Å². The van der Waals surface area contributed by atoms with E-state index in [4.69, 9.17) is 9.47 Å². The molecule has 190 valence electrons. The van der Waals surface area contributed by atoms with Gasteiger partial charge >= 0.3 is 0 Å². The molecule has 0 bridgehead atoms. The average Bonchev–Trinajstić information content (AvgIpc) is 2.92. The number of fused-ring (bicyclic) bond motifs is 1. The number of nitrogens with one attached hydrogen (secondary N) is 1. The van der Waals surface area contributed by atoms with Crippen LogP contribution in [-0.4, -0.2) is 42.5 Å². The highest BCUT2D eigenvalue weighted by Crippen LogP contribution is 2.33. The molecule has 1 saturated carbocycles. The van der Waals surface area contributed by atoms with Crippen LogP contribution in [0.5, 0.6) is 11.5 Å². The molecule has 1 unspecified atom stereocenters. The van der Waals surface area contributed by atoms with Gasteiger partial charge in [0.05, 0.1) is 11.6 Å². The van der Waals surface area contributed by atoms with Crippen molar-refractivity contribution in [1.29, 1.82) is 0 Å². The van der Waals surface area contributed by atoms with Crippen molar-refractivity contribution >= 4 is 38.5 Å². The quantitative estimate of drug-likeness (QED) is 0.361. The number of halogens is 1. The highest BCUT2D eigenvalue weighted by atomic mass is 79.9. The van der Waals surface area contributed by atoms with Crippen LogP contribution in [-0.2, 0) is 16.1 Å². The molecule has 1 atom stereocenters. The molecule has 6 nitrogen and oxygen atoms in total. The maximum Gasteiger partial charge on any atom is 0.261 e. The molecule has 1 N–H and O–H groups in total. The number of hydrogen-bond donors (Lipinski definition) is 1. The summed E-state index contributed by atoms with van der Waals surface area (Å²) in [6.07, 6.45) is 5.45. The first-order chi connectivity index (χ1) is 17.5. The van der Waals surface area contributed by atoms with Gasteiger partial charge in [0.15, 0.2) is 6.61 Å². The van der Waals surface area contributed by atoms with Crippen LogP contribution >= 0.6 is 15.9 Å². The number of carbonyl (C=O) groups is 2. The Kier molecular flexibility index (Phi) is 8.86. The van der Waals surface area contributed by atoms with E-state index in [0.717, 1.165) is 52.2 Å². The number of carbonyl (C=O) groups excluding carboxylic acids is 2. The van der Waals surface area contributed by atoms with Crippen LogP contribution in [0, 0.1) is 0 Å². The Morgan fingerprint density at radius 1 is 1.03 bits per heavy atom. The molecule has 4 rings (SSSR count). The smallest absolute Gasteiger partial charge is 0.261 e. The third-order valence-corrected chi connectivity index (χ3v) is 7.63. The number of nitrogens with zero attached hydrogens (tertiary/aromatic N) is 1. The van der Waals surface area contributed by atoms with Gasteiger partial charge in [-0.25, -0.2) is 0 Å². The van der Waals surface area contributed by atoms with E-state index in [1.807, 2.05) is 60.7 Å². The predicted molar refractivity (Wildman–Crippen MR) is 145 cm³/mol. The van der Waals surface area contributed by atoms with Crippen molar-refractivity contribution in [2.75, 3.05) is 13.7 Å². The molecule has 0 heterocycles. The Balaban J connectivity index is 1.49. The van der Waals surface area contributed by atoms with Gasteiger partial charge in [-0.15, -0.1) is 0 Å². The molecule has 3 aromatic rings. The fourth-order valence-corrected chi connectivity index (χ4v) is 5.23. The second-order valence-electron chi connectivity index (χ2n) is 9.28. The first kappa shape index (κ1) is 26.0. The number of rotatable bonds is 9. The molecule has 7 heteroatoms. The molecule has 0 saturated heterocycles. The van der Waals surface area contributed by atoms with Crippen LogP contribution in [0.4, 0.5) is 0 Å². The van der Waals surface area contributed by atoms with Crippen LogP contribution in [0.3, 0.4) is 0 Å². The monoisotopic (exact) mass is 552 g/mol. The summed E-state index contributed by atoms with van der Waals surface area (Å²) in [6, 6.07) is 18.9. The molecule has 2 amide bonds. The SMILES string of the molecule is COc1ccc(CN(C(=O)COc2ccc3ccccc3c2Br)C(C)C(=O)NC2CCCCC2)cc1. The molecule has 0 aromatic heterocycles. The molecular formula is C29H33BrN2O4. The van der Waals surface area contributed by atoms with E-state index in [2.05, 4.69) is 21.2 Å². The van der Waals surface area contributed by atoms with E-state index in [9.17, 15) is 9.59 Å². The van der Waals surface area contributed by atoms with Gasteiger partial charge in [-0.05, 0) is 70.2 Å². The van der Waals surface area contributed by atoms with Crippen molar-refractivity contribution in [3.05, 3.63) is 70.7 Å². The lowest BCUT2D eigenvalue weighted by Crippen LogP contribution is -2.51. The molecule has 1 aliphatic rings. The topological polar surface area (TPSA) is 67.9 Å². The molecule has 1 fully saturated rings. The van der Waals surface area contributed by atoms with Gasteiger partial charge in [-0.3, -0.25) is 9.59 Å². The summed E-state index contributed by atoms with van der Waals surface area (Å²) in [6.45, 7) is 1.91. The molecule has 3 aromatic carbocycles. The minimum atomic E-state index is -0.634. The maximum atomic E-state index is 13.4. The Bertz CT molecular complexity index is 1190. The third kappa shape index (κ3) is 6.38. The van der Waals surface area contributed by atoms with Gasteiger partial charge in [-0.2, -0.15) is 0 Å². The summed E-state index contributed by atoms with van der Waals surface area (Å²) < 4.78 is 12.0. The summed E-state index contributed by atoms with van der Waals surface area (Å²) in [4.78, 5) is 28.2. The fraction of sp³-hybridized carbons (Fsp3) is 0.379. The van der Waals surface area contributed by atoms with Crippen LogP contribution in [0.25, 0.3) is 10.8 Å². The van der Waals surface area contributed by atoms with E-state index < -0.39 is 6.04 Å². The lowest BCUT2D eigenvalue weighted by Gasteiger charge is -2.31. The van der Waals surface area contributed by atoms with Crippen molar-refractivity contribution in [2.24, 2.45) is 0 Å². The molecule has 0 spiro atoms. The number of amides is 2. The van der Waals surface area contributed by atoms with Crippen LogP contribution in [0.15, 0.2) is 65.1 Å². The second kappa shape index (κ2) is 12.3. The number of methoxy groups -OCH3 is 1. The highest BCUT2D eigenvalue weighted by molar-refractivity contribution is 9.10. The largest absolute Gasteiger partial charge is 0.497 e. The van der Waals surface area contributed by atoms with E-state index in [0.29, 0.717) is 12.3 Å². The average molecular weight is 553 g/mol. The van der Waals surface area contributed by atoms with Crippen LogP contribution in [0.2, 0.25) is 0 Å². The molecular weight excluding hydrogens is 520 g/mol. The Hall–Kier alpha value is -3.06. The minimum absolute atomic E-state index is 0.129. The summed E-state index contributed by atoms with van der Waals surface area (Å²) in [7, 11) is 1.62. The zero-order valence-corrected chi connectivity index (χ0v) is 22.4. The van der Waals surface area contributed by atoms with Crippen molar-refractivity contribution in [2.45, 2.75) is 57.7 Å². The van der Waals surface area contributed by atoms with Gasteiger partial charge in [0.2, 0.25) is 5.91 Å².